The number of piperidine rings is 1. The Morgan fingerprint density at radius 3 is 2.59 bits per heavy atom. The van der Waals surface area contributed by atoms with Gasteiger partial charge in [0.1, 0.15) is 0 Å². The number of carbonyl (C=O) groups is 2. The number of carboxylic acids is 1. The summed E-state index contributed by atoms with van der Waals surface area (Å²) in [7, 11) is 0. The van der Waals surface area contributed by atoms with Crippen LogP contribution in [0, 0.1) is 11.8 Å². The lowest BCUT2D eigenvalue weighted by molar-refractivity contribution is -0.150. The van der Waals surface area contributed by atoms with Crippen molar-refractivity contribution in [1.82, 2.24) is 9.80 Å². The van der Waals surface area contributed by atoms with Crippen molar-refractivity contribution in [1.29, 1.82) is 0 Å². The number of aliphatic carboxylic acids is 1. The van der Waals surface area contributed by atoms with Gasteiger partial charge in [-0.3, -0.25) is 14.5 Å². The van der Waals surface area contributed by atoms with Gasteiger partial charge in [0.15, 0.2) is 0 Å². The van der Waals surface area contributed by atoms with Gasteiger partial charge in [0.25, 0.3) is 0 Å². The summed E-state index contributed by atoms with van der Waals surface area (Å²) < 4.78 is 0. The first-order chi connectivity index (χ1) is 8.06. The van der Waals surface area contributed by atoms with E-state index >= 15 is 0 Å². The maximum atomic E-state index is 12.0. The van der Waals surface area contributed by atoms with E-state index in [0.29, 0.717) is 25.6 Å². The fraction of sp³-hybridized carbons (Fsp3) is 0.833. The summed E-state index contributed by atoms with van der Waals surface area (Å²) in [6, 6.07) is 0. The zero-order valence-electron chi connectivity index (χ0n) is 10.3. The summed E-state index contributed by atoms with van der Waals surface area (Å²) in [4.78, 5) is 26.4. The molecule has 0 bridgehead atoms. The number of hydrogen-bond donors (Lipinski definition) is 1. The Morgan fingerprint density at radius 1 is 1.29 bits per heavy atom. The van der Waals surface area contributed by atoms with Crippen molar-refractivity contribution in [3.63, 3.8) is 0 Å². The van der Waals surface area contributed by atoms with Crippen molar-refractivity contribution in [3.8, 4) is 0 Å². The molecule has 2 heterocycles. The predicted octanol–water partition coefficient (Wildman–Crippen LogP) is 0.261. The van der Waals surface area contributed by atoms with Gasteiger partial charge in [0.05, 0.1) is 12.5 Å². The minimum absolute atomic E-state index is 0.153. The van der Waals surface area contributed by atoms with Gasteiger partial charge in [-0.25, -0.2) is 0 Å². The Balaban J connectivity index is 1.73. The van der Waals surface area contributed by atoms with Crippen LogP contribution in [0.2, 0.25) is 0 Å². The molecular weight excluding hydrogens is 220 g/mol. The van der Waals surface area contributed by atoms with E-state index in [4.69, 9.17) is 5.11 Å². The first kappa shape index (κ1) is 12.4. The summed E-state index contributed by atoms with van der Waals surface area (Å²) in [5.74, 6) is -0.278. The van der Waals surface area contributed by atoms with E-state index in [1.54, 1.807) is 0 Å². The molecular formula is C12H20N2O3. The van der Waals surface area contributed by atoms with Crippen molar-refractivity contribution in [2.75, 3.05) is 32.7 Å². The lowest BCUT2D eigenvalue weighted by atomic mass is 9.99. The maximum absolute atomic E-state index is 12.0. The van der Waals surface area contributed by atoms with E-state index in [1.165, 1.54) is 6.42 Å². The second kappa shape index (κ2) is 5.04. The molecule has 0 aromatic carbocycles. The number of hydrogen-bond acceptors (Lipinski definition) is 3. The van der Waals surface area contributed by atoms with Crippen molar-refractivity contribution < 1.29 is 14.7 Å². The molecule has 0 aromatic rings. The van der Waals surface area contributed by atoms with Gasteiger partial charge in [0, 0.05) is 26.2 Å². The van der Waals surface area contributed by atoms with Crippen LogP contribution in [0.15, 0.2) is 0 Å². The summed E-state index contributed by atoms with van der Waals surface area (Å²) in [5, 5.41) is 8.75. The fourth-order valence-electron chi connectivity index (χ4n) is 2.56. The van der Waals surface area contributed by atoms with E-state index < -0.39 is 5.97 Å². The van der Waals surface area contributed by atoms with Crippen LogP contribution >= 0.6 is 0 Å². The van der Waals surface area contributed by atoms with Gasteiger partial charge in [-0.05, 0) is 18.8 Å². The van der Waals surface area contributed by atoms with Gasteiger partial charge in [-0.15, -0.1) is 0 Å². The van der Waals surface area contributed by atoms with Crippen LogP contribution in [0.5, 0.6) is 0 Å². The Bertz CT molecular complexity index is 313. The molecule has 0 saturated carbocycles. The molecule has 0 aliphatic carbocycles. The SMILES string of the molecule is CC1CCCN(C(=O)CN2CC(C(=O)O)C2)C1. The van der Waals surface area contributed by atoms with E-state index in [2.05, 4.69) is 6.92 Å². The Morgan fingerprint density at radius 2 is 2.00 bits per heavy atom. The molecule has 17 heavy (non-hydrogen) atoms. The van der Waals surface area contributed by atoms with Gasteiger partial charge >= 0.3 is 5.97 Å². The molecule has 5 nitrogen and oxygen atoms in total. The van der Waals surface area contributed by atoms with Crippen molar-refractivity contribution in [3.05, 3.63) is 0 Å². The monoisotopic (exact) mass is 240 g/mol. The Hall–Kier alpha value is -1.10. The molecule has 2 saturated heterocycles. The fourth-order valence-corrected chi connectivity index (χ4v) is 2.56. The normalized spacial score (nSPS) is 26.6. The lowest BCUT2D eigenvalue weighted by Crippen LogP contribution is -2.54. The van der Waals surface area contributed by atoms with Crippen LogP contribution < -0.4 is 0 Å². The van der Waals surface area contributed by atoms with Crippen LogP contribution in [-0.4, -0.2) is 59.5 Å². The van der Waals surface area contributed by atoms with Crippen LogP contribution in [-0.2, 0) is 9.59 Å². The zero-order chi connectivity index (χ0) is 12.4. The molecule has 2 fully saturated rings. The average molecular weight is 240 g/mol. The molecule has 1 unspecified atom stereocenters. The quantitative estimate of drug-likeness (QED) is 0.769. The molecule has 1 amide bonds. The summed E-state index contributed by atoms with van der Waals surface area (Å²) in [6.07, 6.45) is 2.29. The van der Waals surface area contributed by atoms with Crippen molar-refractivity contribution in [2.45, 2.75) is 19.8 Å². The zero-order valence-corrected chi connectivity index (χ0v) is 10.3. The summed E-state index contributed by atoms with van der Waals surface area (Å²) in [5.41, 5.74) is 0. The van der Waals surface area contributed by atoms with E-state index in [9.17, 15) is 9.59 Å². The molecule has 96 valence electrons. The largest absolute Gasteiger partial charge is 0.481 e. The highest BCUT2D eigenvalue weighted by molar-refractivity contribution is 5.79. The number of rotatable bonds is 3. The number of likely N-dealkylation sites (tertiary alicyclic amines) is 2. The van der Waals surface area contributed by atoms with E-state index in [-0.39, 0.29) is 11.8 Å². The predicted molar refractivity (Wildman–Crippen MR) is 62.5 cm³/mol. The van der Waals surface area contributed by atoms with E-state index in [1.807, 2.05) is 9.80 Å². The molecule has 2 rings (SSSR count). The number of carbonyl (C=O) groups excluding carboxylic acids is 1. The molecule has 2 aliphatic rings. The minimum Gasteiger partial charge on any atom is -0.481 e. The Kier molecular flexibility index (Phi) is 3.66. The second-order valence-electron chi connectivity index (χ2n) is 5.32. The molecule has 2 aliphatic heterocycles. The van der Waals surface area contributed by atoms with Crippen LogP contribution in [0.3, 0.4) is 0 Å². The van der Waals surface area contributed by atoms with Crippen molar-refractivity contribution in [2.24, 2.45) is 11.8 Å². The van der Waals surface area contributed by atoms with Crippen LogP contribution in [0.25, 0.3) is 0 Å². The average Bonchev–Trinajstić information content (AvgIpc) is 2.21. The second-order valence-corrected chi connectivity index (χ2v) is 5.32. The first-order valence-corrected chi connectivity index (χ1v) is 6.29. The smallest absolute Gasteiger partial charge is 0.309 e. The van der Waals surface area contributed by atoms with Crippen LogP contribution in [0.1, 0.15) is 19.8 Å². The number of amides is 1. The molecule has 0 spiro atoms. The van der Waals surface area contributed by atoms with Gasteiger partial charge in [-0.2, -0.15) is 0 Å². The highest BCUT2D eigenvalue weighted by Crippen LogP contribution is 2.18. The van der Waals surface area contributed by atoms with Gasteiger partial charge < -0.3 is 10.0 Å². The molecule has 0 radical (unpaired) electrons. The first-order valence-electron chi connectivity index (χ1n) is 6.29. The summed E-state index contributed by atoms with van der Waals surface area (Å²) in [6.45, 7) is 5.31. The third-order valence-electron chi connectivity index (χ3n) is 3.67. The van der Waals surface area contributed by atoms with E-state index in [0.717, 1.165) is 19.5 Å². The summed E-state index contributed by atoms with van der Waals surface area (Å²) >= 11 is 0. The van der Waals surface area contributed by atoms with Gasteiger partial charge in [-0.1, -0.05) is 6.92 Å². The molecule has 1 N–H and O–H groups in total. The topological polar surface area (TPSA) is 60.9 Å². The van der Waals surface area contributed by atoms with Crippen LogP contribution in [0.4, 0.5) is 0 Å². The third kappa shape index (κ3) is 2.97. The maximum Gasteiger partial charge on any atom is 0.309 e. The molecule has 1 atom stereocenters. The number of carboxylic acid groups (broad SMARTS) is 1. The highest BCUT2D eigenvalue weighted by Gasteiger charge is 2.34. The van der Waals surface area contributed by atoms with Gasteiger partial charge in [0.2, 0.25) is 5.91 Å². The molecule has 0 aromatic heterocycles. The number of nitrogens with zero attached hydrogens (tertiary/aromatic N) is 2. The molecule has 5 heteroatoms. The highest BCUT2D eigenvalue weighted by atomic mass is 16.4. The third-order valence-corrected chi connectivity index (χ3v) is 3.67. The Labute approximate surface area is 101 Å². The standard InChI is InChI=1S/C12H20N2O3/c1-9-3-2-4-14(5-9)11(15)8-13-6-10(7-13)12(16)17/h9-10H,2-8H2,1H3,(H,16,17). The van der Waals surface area contributed by atoms with Crippen molar-refractivity contribution >= 4 is 11.9 Å². The lowest BCUT2D eigenvalue weighted by Gasteiger charge is -2.38. The minimum atomic E-state index is -0.750.